The number of hydrogen-bond donors (Lipinski definition) is 1. The lowest BCUT2D eigenvalue weighted by Gasteiger charge is -2.16. The summed E-state index contributed by atoms with van der Waals surface area (Å²) in [6.45, 7) is 6.00. The van der Waals surface area contributed by atoms with Crippen molar-refractivity contribution in [1.82, 2.24) is 5.32 Å². The summed E-state index contributed by atoms with van der Waals surface area (Å²) in [6, 6.07) is 15.8. The molecule has 0 heterocycles. The molecule has 0 fully saturated rings. The number of amides is 1. The molecule has 2 rings (SSSR count). The van der Waals surface area contributed by atoms with Crippen LogP contribution in [0.1, 0.15) is 40.0 Å². The molecule has 0 radical (unpaired) electrons. The second kappa shape index (κ2) is 5.70. The smallest absolute Gasteiger partial charge is 0.252 e. The molecule has 0 saturated heterocycles. The van der Waals surface area contributed by atoms with Gasteiger partial charge in [0, 0.05) is 5.56 Å². The van der Waals surface area contributed by atoms with Crippen molar-refractivity contribution in [1.29, 1.82) is 0 Å². The van der Waals surface area contributed by atoms with E-state index in [0.717, 1.165) is 22.3 Å². The van der Waals surface area contributed by atoms with Gasteiger partial charge in [-0.3, -0.25) is 4.79 Å². The average Bonchev–Trinajstić information content (AvgIpc) is 2.42. The summed E-state index contributed by atoms with van der Waals surface area (Å²) < 4.78 is 0. The Labute approximate surface area is 114 Å². The molecular weight excluding hydrogens is 234 g/mol. The molecule has 0 aromatic heterocycles. The molecule has 0 spiro atoms. The summed E-state index contributed by atoms with van der Waals surface area (Å²) in [5, 5.41) is 3.04. The van der Waals surface area contributed by atoms with Crippen molar-refractivity contribution in [3.05, 3.63) is 70.8 Å². The van der Waals surface area contributed by atoms with Gasteiger partial charge >= 0.3 is 0 Å². The lowest BCUT2D eigenvalue weighted by atomic mass is 10.0. The molecule has 19 heavy (non-hydrogen) atoms. The zero-order valence-corrected chi connectivity index (χ0v) is 11.6. The Morgan fingerprint density at radius 3 is 2.37 bits per heavy atom. The van der Waals surface area contributed by atoms with Crippen LogP contribution in [0.3, 0.4) is 0 Å². The maximum absolute atomic E-state index is 12.3. The maximum Gasteiger partial charge on any atom is 0.252 e. The molecule has 2 aromatic carbocycles. The van der Waals surface area contributed by atoms with Gasteiger partial charge in [0.1, 0.15) is 0 Å². The normalized spacial score (nSPS) is 11.9. The minimum absolute atomic E-state index is 0.00797. The van der Waals surface area contributed by atoms with Gasteiger partial charge < -0.3 is 5.32 Å². The fraction of sp³-hybridized carbons (Fsp3) is 0.235. The van der Waals surface area contributed by atoms with Gasteiger partial charge in [0.25, 0.3) is 5.91 Å². The van der Waals surface area contributed by atoms with E-state index in [1.807, 2.05) is 69.3 Å². The Bertz CT molecular complexity index is 575. The molecule has 1 atom stereocenters. The highest BCUT2D eigenvalue weighted by atomic mass is 16.1. The highest BCUT2D eigenvalue weighted by Crippen LogP contribution is 2.16. The zero-order chi connectivity index (χ0) is 13.8. The molecule has 2 heteroatoms. The van der Waals surface area contributed by atoms with E-state index in [2.05, 4.69) is 5.32 Å². The number of carbonyl (C=O) groups excluding carboxylic acids is 1. The predicted molar refractivity (Wildman–Crippen MR) is 78.2 cm³/mol. The zero-order valence-electron chi connectivity index (χ0n) is 11.6. The minimum Gasteiger partial charge on any atom is -0.346 e. The van der Waals surface area contributed by atoms with Gasteiger partial charge in [-0.15, -0.1) is 0 Å². The molecule has 1 unspecified atom stereocenters. The van der Waals surface area contributed by atoms with Crippen LogP contribution in [0.15, 0.2) is 48.5 Å². The third kappa shape index (κ3) is 3.02. The number of hydrogen-bond acceptors (Lipinski definition) is 1. The monoisotopic (exact) mass is 253 g/mol. The lowest BCUT2D eigenvalue weighted by molar-refractivity contribution is 0.0939. The molecule has 2 aromatic rings. The molecule has 0 aliphatic heterocycles. The largest absolute Gasteiger partial charge is 0.346 e. The van der Waals surface area contributed by atoms with E-state index in [-0.39, 0.29) is 11.9 Å². The van der Waals surface area contributed by atoms with Gasteiger partial charge in [0.05, 0.1) is 6.04 Å². The van der Waals surface area contributed by atoms with Crippen molar-refractivity contribution < 1.29 is 4.79 Å². The molecule has 0 aliphatic carbocycles. The van der Waals surface area contributed by atoms with E-state index >= 15 is 0 Å². The van der Waals surface area contributed by atoms with E-state index in [1.165, 1.54) is 0 Å². The van der Waals surface area contributed by atoms with Gasteiger partial charge in [-0.25, -0.2) is 0 Å². The van der Waals surface area contributed by atoms with E-state index in [4.69, 9.17) is 0 Å². The summed E-state index contributed by atoms with van der Waals surface area (Å²) >= 11 is 0. The lowest BCUT2D eigenvalue weighted by Crippen LogP contribution is -2.27. The fourth-order valence-corrected chi connectivity index (χ4v) is 2.10. The molecular formula is C17H19NO. The van der Waals surface area contributed by atoms with Crippen molar-refractivity contribution >= 4 is 5.91 Å². The van der Waals surface area contributed by atoms with Crippen LogP contribution in [0, 0.1) is 13.8 Å². The Kier molecular flexibility index (Phi) is 4.00. The summed E-state index contributed by atoms with van der Waals surface area (Å²) in [7, 11) is 0. The quantitative estimate of drug-likeness (QED) is 0.885. The van der Waals surface area contributed by atoms with Crippen molar-refractivity contribution in [2.45, 2.75) is 26.8 Å². The van der Waals surface area contributed by atoms with Gasteiger partial charge in [0.2, 0.25) is 0 Å². The van der Waals surface area contributed by atoms with E-state index in [9.17, 15) is 4.79 Å². The average molecular weight is 253 g/mol. The Hall–Kier alpha value is -2.09. The van der Waals surface area contributed by atoms with E-state index in [0.29, 0.717) is 0 Å². The molecule has 1 N–H and O–H groups in total. The van der Waals surface area contributed by atoms with Crippen LogP contribution >= 0.6 is 0 Å². The fourth-order valence-electron chi connectivity index (χ4n) is 2.10. The van der Waals surface area contributed by atoms with Crippen molar-refractivity contribution in [3.8, 4) is 0 Å². The standard InChI is InChI=1S/C17H19NO/c1-12-8-7-11-16(13(12)2)17(19)18-14(3)15-9-5-4-6-10-15/h4-11,14H,1-3H3,(H,18,19). The van der Waals surface area contributed by atoms with Crippen LogP contribution in [0.25, 0.3) is 0 Å². The molecule has 0 saturated carbocycles. The van der Waals surface area contributed by atoms with Crippen LogP contribution < -0.4 is 5.32 Å². The third-order valence-corrected chi connectivity index (χ3v) is 3.50. The van der Waals surface area contributed by atoms with Crippen LogP contribution in [-0.4, -0.2) is 5.91 Å². The van der Waals surface area contributed by atoms with Crippen molar-refractivity contribution in [2.24, 2.45) is 0 Å². The third-order valence-electron chi connectivity index (χ3n) is 3.50. The Morgan fingerprint density at radius 1 is 1.00 bits per heavy atom. The first kappa shape index (κ1) is 13.3. The van der Waals surface area contributed by atoms with Crippen molar-refractivity contribution in [2.75, 3.05) is 0 Å². The summed E-state index contributed by atoms with van der Waals surface area (Å²) in [4.78, 5) is 12.3. The number of rotatable bonds is 3. The van der Waals surface area contributed by atoms with Crippen LogP contribution in [0.5, 0.6) is 0 Å². The second-order valence-electron chi connectivity index (χ2n) is 4.85. The second-order valence-corrected chi connectivity index (χ2v) is 4.85. The maximum atomic E-state index is 12.3. The van der Waals surface area contributed by atoms with E-state index < -0.39 is 0 Å². The molecule has 1 amide bonds. The van der Waals surface area contributed by atoms with E-state index in [1.54, 1.807) is 0 Å². The highest BCUT2D eigenvalue weighted by molar-refractivity contribution is 5.96. The molecule has 0 aliphatic rings. The predicted octanol–water partition coefficient (Wildman–Crippen LogP) is 3.79. The van der Waals surface area contributed by atoms with Crippen LogP contribution in [-0.2, 0) is 0 Å². The summed E-state index contributed by atoms with van der Waals surface area (Å²) in [6.07, 6.45) is 0. The first-order valence-electron chi connectivity index (χ1n) is 6.51. The summed E-state index contributed by atoms with van der Waals surface area (Å²) in [5.74, 6) is -0.0162. The minimum atomic E-state index is -0.0162. The van der Waals surface area contributed by atoms with Crippen molar-refractivity contribution in [3.63, 3.8) is 0 Å². The van der Waals surface area contributed by atoms with Gasteiger partial charge in [-0.05, 0) is 43.5 Å². The number of carbonyl (C=O) groups is 1. The number of aryl methyl sites for hydroxylation is 1. The molecule has 0 bridgehead atoms. The topological polar surface area (TPSA) is 29.1 Å². The van der Waals surface area contributed by atoms with Crippen LogP contribution in [0.4, 0.5) is 0 Å². The first-order valence-corrected chi connectivity index (χ1v) is 6.51. The highest BCUT2D eigenvalue weighted by Gasteiger charge is 2.13. The first-order chi connectivity index (χ1) is 9.09. The molecule has 98 valence electrons. The van der Waals surface area contributed by atoms with Crippen LogP contribution in [0.2, 0.25) is 0 Å². The van der Waals surface area contributed by atoms with Gasteiger partial charge in [-0.1, -0.05) is 42.5 Å². The molecule has 2 nitrogen and oxygen atoms in total. The Morgan fingerprint density at radius 2 is 1.68 bits per heavy atom. The van der Waals surface area contributed by atoms with Gasteiger partial charge in [-0.2, -0.15) is 0 Å². The SMILES string of the molecule is Cc1cccc(C(=O)NC(C)c2ccccc2)c1C. The number of nitrogens with one attached hydrogen (secondary N) is 1. The van der Waals surface area contributed by atoms with Gasteiger partial charge in [0.15, 0.2) is 0 Å². The number of benzene rings is 2. The Balaban J connectivity index is 2.16. The summed E-state index contributed by atoms with van der Waals surface area (Å²) in [5.41, 5.74) is 4.05.